The van der Waals surface area contributed by atoms with Crippen molar-refractivity contribution in [3.05, 3.63) is 11.9 Å². The SMILES string of the molecule is CC(C)(C)C(=O)OCOC(=O)C1(N2OC[C@H](NC(=S)C/C=C(\F)C(N)=O)C2=O)CCC(=O)O1. The number of amides is 2. The Morgan fingerprint density at radius 3 is 2.55 bits per heavy atom. The van der Waals surface area contributed by atoms with E-state index in [1.54, 1.807) is 20.8 Å². The van der Waals surface area contributed by atoms with Gasteiger partial charge in [0.15, 0.2) is 5.83 Å². The van der Waals surface area contributed by atoms with Crippen LogP contribution >= 0.6 is 12.2 Å². The number of hydroxylamine groups is 2. The fourth-order valence-electron chi connectivity index (χ4n) is 2.74. The van der Waals surface area contributed by atoms with Gasteiger partial charge in [-0.3, -0.25) is 24.0 Å². The zero-order chi connectivity index (χ0) is 25.0. The second-order valence-electron chi connectivity index (χ2n) is 8.16. The molecule has 0 aromatic heterocycles. The van der Waals surface area contributed by atoms with E-state index in [0.29, 0.717) is 5.06 Å². The number of primary amides is 1. The van der Waals surface area contributed by atoms with Gasteiger partial charge >= 0.3 is 23.6 Å². The third-order valence-electron chi connectivity index (χ3n) is 4.50. The van der Waals surface area contributed by atoms with Gasteiger partial charge in [-0.2, -0.15) is 5.06 Å². The molecule has 0 aromatic carbocycles. The lowest BCUT2D eigenvalue weighted by atomic mass is 9.98. The van der Waals surface area contributed by atoms with E-state index in [4.69, 9.17) is 37.0 Å². The molecule has 0 bridgehead atoms. The summed E-state index contributed by atoms with van der Waals surface area (Å²) in [6.07, 6.45) is 0.159. The highest BCUT2D eigenvalue weighted by molar-refractivity contribution is 7.80. The summed E-state index contributed by atoms with van der Waals surface area (Å²) < 4.78 is 28.1. The molecule has 3 N–H and O–H groups in total. The molecule has 2 heterocycles. The van der Waals surface area contributed by atoms with Crippen LogP contribution < -0.4 is 11.1 Å². The normalized spacial score (nSPS) is 23.2. The molecule has 2 fully saturated rings. The van der Waals surface area contributed by atoms with Gasteiger partial charge in [0.2, 0.25) is 6.79 Å². The van der Waals surface area contributed by atoms with Crippen molar-refractivity contribution in [3.8, 4) is 0 Å². The van der Waals surface area contributed by atoms with E-state index in [1.165, 1.54) is 0 Å². The zero-order valence-corrected chi connectivity index (χ0v) is 19.0. The van der Waals surface area contributed by atoms with Crippen molar-refractivity contribution >= 4 is 46.9 Å². The summed E-state index contributed by atoms with van der Waals surface area (Å²) in [4.78, 5) is 65.2. The van der Waals surface area contributed by atoms with E-state index in [0.717, 1.165) is 6.08 Å². The second kappa shape index (κ2) is 10.2. The number of hydrogen-bond donors (Lipinski definition) is 2. The Labute approximate surface area is 193 Å². The maximum absolute atomic E-state index is 13.2. The molecule has 12 nitrogen and oxygen atoms in total. The number of nitrogens with zero attached hydrogens (tertiary/aromatic N) is 1. The Hall–Kier alpha value is -3.13. The van der Waals surface area contributed by atoms with Crippen molar-refractivity contribution in [3.63, 3.8) is 0 Å². The van der Waals surface area contributed by atoms with Crippen LogP contribution in [0.3, 0.4) is 0 Å². The van der Waals surface area contributed by atoms with E-state index in [-0.39, 0.29) is 30.9 Å². The van der Waals surface area contributed by atoms with E-state index in [2.05, 4.69) is 5.32 Å². The third-order valence-corrected chi connectivity index (χ3v) is 4.78. The molecule has 2 aliphatic rings. The van der Waals surface area contributed by atoms with E-state index in [1.807, 2.05) is 0 Å². The monoisotopic (exact) mass is 489 g/mol. The first-order valence-corrected chi connectivity index (χ1v) is 10.2. The zero-order valence-electron chi connectivity index (χ0n) is 18.2. The summed E-state index contributed by atoms with van der Waals surface area (Å²) in [7, 11) is 0. The predicted octanol–water partition coefficient (Wildman–Crippen LogP) is -0.102. The van der Waals surface area contributed by atoms with Gasteiger partial charge in [0.25, 0.3) is 11.8 Å². The van der Waals surface area contributed by atoms with Gasteiger partial charge in [-0.1, -0.05) is 12.2 Å². The van der Waals surface area contributed by atoms with E-state index >= 15 is 0 Å². The molecule has 33 heavy (non-hydrogen) atoms. The number of halogens is 1. The standard InChI is InChI=1S/C19H24FN3O9S/c1-18(2,3)16(27)29-9-30-17(28)19(7-6-13(24)32-19)23-15(26)11(8-31-23)22-12(33)5-4-10(20)14(21)25/h4,11H,5-9H2,1-3H3,(H2,21,25)(H,22,33)/b10-4-/t11-,19?/m0/s1. The highest BCUT2D eigenvalue weighted by atomic mass is 32.1. The molecule has 1 unspecified atom stereocenters. The molecular weight excluding hydrogens is 465 g/mol. The fraction of sp³-hybridized carbons (Fsp3) is 0.579. The molecule has 0 radical (unpaired) electrons. The van der Waals surface area contributed by atoms with Crippen molar-refractivity contribution in [2.24, 2.45) is 11.1 Å². The number of cyclic esters (lactones) is 1. The Balaban J connectivity index is 2.05. The molecule has 2 amide bonds. The molecule has 0 spiro atoms. The average molecular weight is 489 g/mol. The van der Waals surface area contributed by atoms with Crippen molar-refractivity contribution in [2.75, 3.05) is 13.4 Å². The quantitative estimate of drug-likeness (QED) is 0.202. The molecule has 2 rings (SSSR count). The molecule has 2 aliphatic heterocycles. The number of esters is 3. The summed E-state index contributed by atoms with van der Waals surface area (Å²) in [6, 6.07) is -1.09. The summed E-state index contributed by atoms with van der Waals surface area (Å²) in [5.74, 6) is -5.84. The number of ether oxygens (including phenoxy) is 3. The highest BCUT2D eigenvalue weighted by Gasteiger charge is 2.60. The van der Waals surface area contributed by atoms with Gasteiger partial charge < -0.3 is 25.3 Å². The second-order valence-corrected chi connectivity index (χ2v) is 8.65. The summed E-state index contributed by atoms with van der Waals surface area (Å²) in [6.45, 7) is 3.74. The van der Waals surface area contributed by atoms with Crippen LogP contribution in [0.2, 0.25) is 0 Å². The maximum Gasteiger partial charge on any atom is 0.377 e. The lowest BCUT2D eigenvalue weighted by Crippen LogP contribution is -2.57. The molecule has 0 aromatic rings. The van der Waals surface area contributed by atoms with Crippen LogP contribution in [-0.2, 0) is 43.0 Å². The Morgan fingerprint density at radius 2 is 2.00 bits per heavy atom. The lowest BCUT2D eigenvalue weighted by molar-refractivity contribution is -0.262. The molecule has 2 saturated heterocycles. The Bertz CT molecular complexity index is 901. The van der Waals surface area contributed by atoms with Crippen LogP contribution in [-0.4, -0.2) is 64.9 Å². The summed E-state index contributed by atoms with van der Waals surface area (Å²) in [5, 5.41) is 3.18. The van der Waals surface area contributed by atoms with Crippen molar-refractivity contribution in [1.82, 2.24) is 10.4 Å². The third kappa shape index (κ3) is 6.22. The predicted molar refractivity (Wildman–Crippen MR) is 110 cm³/mol. The van der Waals surface area contributed by atoms with Crippen LogP contribution in [0.1, 0.15) is 40.0 Å². The number of rotatable bonds is 8. The first-order valence-electron chi connectivity index (χ1n) is 9.76. The number of thiocarbonyl (C=S) groups is 1. The average Bonchev–Trinajstić information content (AvgIpc) is 3.28. The van der Waals surface area contributed by atoms with E-state index < -0.39 is 59.5 Å². The van der Waals surface area contributed by atoms with Gasteiger partial charge in [0.1, 0.15) is 12.6 Å². The number of nitrogens with two attached hydrogens (primary N) is 1. The number of nitrogens with one attached hydrogen (secondary N) is 1. The largest absolute Gasteiger partial charge is 0.427 e. The molecular formula is C19H24FN3O9S. The van der Waals surface area contributed by atoms with Gasteiger partial charge in [0.05, 0.1) is 16.8 Å². The number of hydrogen-bond acceptors (Lipinski definition) is 10. The topological polar surface area (TPSA) is 164 Å². The van der Waals surface area contributed by atoms with Gasteiger partial charge in [-0.05, 0) is 26.8 Å². The lowest BCUT2D eigenvalue weighted by Gasteiger charge is -2.32. The first-order chi connectivity index (χ1) is 15.3. The van der Waals surface area contributed by atoms with Gasteiger partial charge in [0, 0.05) is 12.8 Å². The Kier molecular flexibility index (Phi) is 8.08. The van der Waals surface area contributed by atoms with Crippen LogP contribution in [0.4, 0.5) is 4.39 Å². The van der Waals surface area contributed by atoms with Crippen LogP contribution in [0.15, 0.2) is 11.9 Å². The summed E-state index contributed by atoms with van der Waals surface area (Å²) in [5.41, 5.74) is 1.73. The molecule has 0 aliphatic carbocycles. The minimum atomic E-state index is -2.21. The molecule has 182 valence electrons. The van der Waals surface area contributed by atoms with Crippen molar-refractivity contribution < 1.29 is 47.4 Å². The molecule has 0 saturated carbocycles. The number of carbonyl (C=O) groups is 5. The molecule has 2 atom stereocenters. The Morgan fingerprint density at radius 1 is 1.33 bits per heavy atom. The van der Waals surface area contributed by atoms with Crippen molar-refractivity contribution in [2.45, 2.75) is 51.8 Å². The summed E-state index contributed by atoms with van der Waals surface area (Å²) >= 11 is 5.01. The molecule has 14 heteroatoms. The smallest absolute Gasteiger partial charge is 0.377 e. The highest BCUT2D eigenvalue weighted by Crippen LogP contribution is 2.35. The van der Waals surface area contributed by atoms with E-state index in [9.17, 15) is 28.4 Å². The minimum absolute atomic E-state index is 0.00987. The maximum atomic E-state index is 13.2. The minimum Gasteiger partial charge on any atom is -0.427 e. The van der Waals surface area contributed by atoms with Crippen molar-refractivity contribution in [1.29, 1.82) is 0 Å². The first kappa shape index (κ1) is 26.1. The van der Waals surface area contributed by atoms with Gasteiger partial charge in [-0.25, -0.2) is 9.18 Å². The van der Waals surface area contributed by atoms with Crippen LogP contribution in [0, 0.1) is 5.41 Å². The number of carbonyl (C=O) groups excluding carboxylic acids is 5. The van der Waals surface area contributed by atoms with Crippen LogP contribution in [0.25, 0.3) is 0 Å². The van der Waals surface area contributed by atoms with Crippen LogP contribution in [0.5, 0.6) is 0 Å². The fourth-order valence-corrected chi connectivity index (χ4v) is 2.97. The van der Waals surface area contributed by atoms with Gasteiger partial charge in [-0.15, -0.1) is 0 Å².